The topological polar surface area (TPSA) is 83.5 Å². The van der Waals surface area contributed by atoms with Crippen LogP contribution in [0.25, 0.3) is 0 Å². The van der Waals surface area contributed by atoms with Crippen LogP contribution in [0.1, 0.15) is 6.92 Å². The fourth-order valence-electron chi connectivity index (χ4n) is 0.373. The van der Waals surface area contributed by atoms with E-state index in [9.17, 15) is 4.79 Å². The minimum atomic E-state index is -1.31. The molecule has 10 heavy (non-hydrogen) atoms. The van der Waals surface area contributed by atoms with Crippen LogP contribution in [-0.2, 0) is 4.79 Å². The summed E-state index contributed by atoms with van der Waals surface area (Å²) in [6, 6.07) is -1.31. The largest absolute Gasteiger partial charge is 0.480 e. The van der Waals surface area contributed by atoms with Gasteiger partial charge in [-0.2, -0.15) is 0 Å². The molecule has 0 aliphatic rings. The fourth-order valence-corrected chi connectivity index (χ4v) is 0.373. The van der Waals surface area contributed by atoms with Gasteiger partial charge in [-0.1, -0.05) is 5.92 Å². The normalized spacial score (nSPS) is 14.7. The molecular weight excluding hydrogens is 134 g/mol. The highest BCUT2D eigenvalue weighted by Crippen LogP contribution is 1.87. The third-order valence-corrected chi connectivity index (χ3v) is 0.918. The van der Waals surface area contributed by atoms with Crippen molar-refractivity contribution in [2.24, 2.45) is 5.73 Å². The Kier molecular flexibility index (Phi) is 3.47. The molecule has 0 aromatic heterocycles. The van der Waals surface area contributed by atoms with Crippen molar-refractivity contribution in [3.63, 3.8) is 0 Å². The number of carbonyl (C=O) groups is 1. The molecule has 0 aromatic carbocycles. The fraction of sp³-hybridized carbons (Fsp3) is 0.500. The monoisotopic (exact) mass is 143 g/mol. The van der Waals surface area contributed by atoms with Crippen LogP contribution < -0.4 is 5.73 Å². The van der Waals surface area contributed by atoms with Gasteiger partial charge in [-0.3, -0.25) is 4.79 Å². The zero-order valence-corrected chi connectivity index (χ0v) is 5.53. The molecule has 4 N–H and O–H groups in total. The van der Waals surface area contributed by atoms with E-state index in [0.29, 0.717) is 0 Å². The lowest BCUT2D eigenvalue weighted by Gasteiger charge is -2.06. The molecule has 0 aliphatic carbocycles. The second-order valence-corrected chi connectivity index (χ2v) is 1.70. The number of aliphatic hydroxyl groups excluding tert-OH is 1. The van der Waals surface area contributed by atoms with Crippen molar-refractivity contribution in [2.75, 3.05) is 0 Å². The van der Waals surface area contributed by atoms with Gasteiger partial charge in [0, 0.05) is 0 Å². The first-order chi connectivity index (χ1) is 4.59. The molecule has 0 bridgehead atoms. The Morgan fingerprint density at radius 2 is 2.20 bits per heavy atom. The van der Waals surface area contributed by atoms with E-state index >= 15 is 0 Å². The van der Waals surface area contributed by atoms with Crippen molar-refractivity contribution in [3.8, 4) is 11.8 Å². The molecule has 0 saturated carbocycles. The summed E-state index contributed by atoms with van der Waals surface area (Å²) in [7, 11) is 0. The maximum atomic E-state index is 10.1. The Morgan fingerprint density at radius 3 is 2.50 bits per heavy atom. The summed E-state index contributed by atoms with van der Waals surface area (Å²) in [6.45, 7) is 1.50. The van der Waals surface area contributed by atoms with Gasteiger partial charge in [-0.15, -0.1) is 5.92 Å². The number of rotatable bonds is 2. The van der Waals surface area contributed by atoms with Crippen LogP contribution in [0.5, 0.6) is 0 Å². The third kappa shape index (κ3) is 2.49. The summed E-state index contributed by atoms with van der Waals surface area (Å²) in [4.78, 5) is 10.1. The molecule has 56 valence electrons. The molecule has 0 rings (SSSR count). The number of hydrogen-bond acceptors (Lipinski definition) is 3. The van der Waals surface area contributed by atoms with E-state index in [1.54, 1.807) is 0 Å². The van der Waals surface area contributed by atoms with E-state index in [4.69, 9.17) is 15.9 Å². The van der Waals surface area contributed by atoms with Crippen LogP contribution >= 0.6 is 0 Å². The van der Waals surface area contributed by atoms with E-state index in [1.807, 2.05) is 0 Å². The highest BCUT2D eigenvalue weighted by molar-refractivity contribution is 5.74. The quantitative estimate of drug-likeness (QED) is 0.423. The first-order valence-electron chi connectivity index (χ1n) is 2.68. The van der Waals surface area contributed by atoms with Gasteiger partial charge in [0.1, 0.15) is 12.1 Å². The third-order valence-electron chi connectivity index (χ3n) is 0.918. The Morgan fingerprint density at radius 1 is 1.70 bits per heavy atom. The number of hydrogen-bond donors (Lipinski definition) is 3. The maximum absolute atomic E-state index is 10.1. The SMILES string of the molecule is CC#CC(O)[C@H](N)C(=O)O. The minimum absolute atomic E-state index is 1.25. The number of aliphatic carboxylic acids is 1. The Bertz CT molecular complexity index is 179. The molecular formula is C6H9NO3. The lowest BCUT2D eigenvalue weighted by Crippen LogP contribution is -2.40. The molecule has 0 saturated heterocycles. The van der Waals surface area contributed by atoms with Gasteiger partial charge in [0.25, 0.3) is 0 Å². The summed E-state index contributed by atoms with van der Waals surface area (Å²) in [5, 5.41) is 17.0. The van der Waals surface area contributed by atoms with Crippen LogP contribution in [-0.4, -0.2) is 28.3 Å². The van der Waals surface area contributed by atoms with Gasteiger partial charge >= 0.3 is 5.97 Å². The first kappa shape index (κ1) is 8.95. The molecule has 0 aliphatic heterocycles. The standard InChI is InChI=1S/C6H9NO3/c1-2-3-4(8)5(7)6(9)10/h4-5,8H,7H2,1H3,(H,9,10)/t4?,5-/m0/s1. The van der Waals surface area contributed by atoms with Gasteiger partial charge in [-0.25, -0.2) is 0 Å². The smallest absolute Gasteiger partial charge is 0.324 e. The van der Waals surface area contributed by atoms with E-state index in [2.05, 4.69) is 11.8 Å². The second kappa shape index (κ2) is 3.88. The van der Waals surface area contributed by atoms with Crippen molar-refractivity contribution in [2.45, 2.75) is 19.1 Å². The van der Waals surface area contributed by atoms with Crippen molar-refractivity contribution < 1.29 is 15.0 Å². The van der Waals surface area contributed by atoms with Crippen LogP contribution in [0, 0.1) is 11.8 Å². The van der Waals surface area contributed by atoms with Crippen LogP contribution in [0.3, 0.4) is 0 Å². The molecule has 2 atom stereocenters. The number of carboxylic acids is 1. The van der Waals surface area contributed by atoms with Crippen molar-refractivity contribution in [1.29, 1.82) is 0 Å². The van der Waals surface area contributed by atoms with E-state index in [-0.39, 0.29) is 0 Å². The highest BCUT2D eigenvalue weighted by Gasteiger charge is 2.19. The summed E-state index contributed by atoms with van der Waals surface area (Å²) in [5.74, 6) is 3.33. The molecule has 0 aromatic rings. The number of nitrogens with two attached hydrogens (primary N) is 1. The average Bonchev–Trinajstić information content (AvgIpc) is 1.87. The van der Waals surface area contributed by atoms with Gasteiger partial charge in [0.2, 0.25) is 0 Å². The summed E-state index contributed by atoms with van der Waals surface area (Å²) < 4.78 is 0. The molecule has 0 radical (unpaired) electrons. The number of aliphatic hydroxyl groups is 1. The molecule has 0 spiro atoms. The Balaban J connectivity index is 4.02. The Labute approximate surface area is 58.7 Å². The zero-order valence-electron chi connectivity index (χ0n) is 5.53. The summed E-state index contributed by atoms with van der Waals surface area (Å²) in [6.07, 6.45) is -1.28. The van der Waals surface area contributed by atoms with Gasteiger partial charge in [-0.05, 0) is 6.92 Å². The lowest BCUT2D eigenvalue weighted by atomic mass is 10.2. The van der Waals surface area contributed by atoms with Crippen LogP contribution in [0.4, 0.5) is 0 Å². The summed E-state index contributed by atoms with van der Waals surface area (Å²) in [5.41, 5.74) is 4.99. The van der Waals surface area contributed by atoms with Crippen molar-refractivity contribution in [1.82, 2.24) is 0 Å². The number of carboxylic acid groups (broad SMARTS) is 1. The molecule has 1 unspecified atom stereocenters. The van der Waals surface area contributed by atoms with Gasteiger partial charge in [0.15, 0.2) is 0 Å². The first-order valence-corrected chi connectivity index (χ1v) is 2.68. The second-order valence-electron chi connectivity index (χ2n) is 1.70. The van der Waals surface area contributed by atoms with Gasteiger partial charge in [0.05, 0.1) is 0 Å². The Hall–Kier alpha value is -1.05. The lowest BCUT2D eigenvalue weighted by molar-refractivity contribution is -0.140. The van der Waals surface area contributed by atoms with Crippen LogP contribution in [0.15, 0.2) is 0 Å². The predicted molar refractivity (Wildman–Crippen MR) is 35.1 cm³/mol. The molecule has 4 heteroatoms. The van der Waals surface area contributed by atoms with Crippen LogP contribution in [0.2, 0.25) is 0 Å². The maximum Gasteiger partial charge on any atom is 0.324 e. The van der Waals surface area contributed by atoms with E-state index in [0.717, 1.165) is 0 Å². The molecule has 0 amide bonds. The summed E-state index contributed by atoms with van der Waals surface area (Å²) >= 11 is 0. The highest BCUT2D eigenvalue weighted by atomic mass is 16.4. The van der Waals surface area contributed by atoms with E-state index < -0.39 is 18.1 Å². The zero-order chi connectivity index (χ0) is 8.15. The van der Waals surface area contributed by atoms with E-state index in [1.165, 1.54) is 6.92 Å². The molecule has 0 heterocycles. The average molecular weight is 143 g/mol. The van der Waals surface area contributed by atoms with Crippen molar-refractivity contribution >= 4 is 5.97 Å². The predicted octanol–water partition coefficient (Wildman–Crippen LogP) is -1.22. The van der Waals surface area contributed by atoms with Gasteiger partial charge < -0.3 is 15.9 Å². The molecule has 4 nitrogen and oxygen atoms in total. The molecule has 0 fully saturated rings. The van der Waals surface area contributed by atoms with Crippen molar-refractivity contribution in [3.05, 3.63) is 0 Å². The minimum Gasteiger partial charge on any atom is -0.480 e.